The van der Waals surface area contributed by atoms with E-state index in [4.69, 9.17) is 30.4 Å². The molecule has 8 N–H and O–H groups in total. The summed E-state index contributed by atoms with van der Waals surface area (Å²) in [6, 6.07) is -3.27. The molecule has 0 fully saturated rings. The first-order chi connectivity index (χ1) is 20.7. The van der Waals surface area contributed by atoms with E-state index in [1.807, 2.05) is 13.8 Å². The van der Waals surface area contributed by atoms with Crippen LogP contribution < -0.4 is 27.4 Å². The minimum Gasteiger partial charge on any atom is -0.390 e. The van der Waals surface area contributed by atoms with Gasteiger partial charge in [0.25, 0.3) is 0 Å². The third-order valence-corrected chi connectivity index (χ3v) is 6.54. The van der Waals surface area contributed by atoms with Crippen molar-refractivity contribution in [2.45, 2.75) is 95.9 Å². The molecular weight excluding hydrogens is 582 g/mol. The Balaban J connectivity index is 4.77. The van der Waals surface area contributed by atoms with Gasteiger partial charge in [0.05, 0.1) is 58.3 Å². The van der Waals surface area contributed by atoms with Crippen LogP contribution in [0.1, 0.15) is 71.6 Å². The lowest BCUT2D eigenvalue weighted by Gasteiger charge is -2.26. The van der Waals surface area contributed by atoms with Gasteiger partial charge in [0.1, 0.15) is 18.1 Å². The highest BCUT2D eigenvalue weighted by Gasteiger charge is 2.31. The lowest BCUT2D eigenvalue weighted by molar-refractivity contribution is -0.134. The highest BCUT2D eigenvalue weighted by atomic mass is 32.1. The number of carbonyl (C=O) groups excluding carboxylic acids is 4. The van der Waals surface area contributed by atoms with Gasteiger partial charge in [0.2, 0.25) is 23.6 Å². The quantitative estimate of drug-likeness (QED) is 0.0324. The zero-order chi connectivity index (χ0) is 32.3. The van der Waals surface area contributed by atoms with Gasteiger partial charge in [-0.05, 0) is 25.8 Å². The first-order valence-corrected chi connectivity index (χ1v) is 15.8. The largest absolute Gasteiger partial charge is 0.390 e. The number of nitrogens with two attached hydrogens (primary N) is 2. The first-order valence-electron chi connectivity index (χ1n) is 15.2. The molecule has 0 unspecified atom stereocenters. The molecule has 4 amide bonds. The van der Waals surface area contributed by atoms with Crippen LogP contribution in [0.15, 0.2) is 0 Å². The standard InChI is InChI=1S/C28H55N5O9S/c1-3-5-7-9-23(34)25(26(30)36)33-28(38)22(10-12-29)32-27(37)21(8-6-4-2)31-24(35)11-13-39-14-15-40-16-17-41-18-19-42-20-43/h21-23,25,34,43H,3-20,29H2,1-2H3,(H2,30,36)(H,31,35)(H,32,37)(H,33,38)/t21-,22-,23+,25-/m0/s1. The number of hydrogen-bond acceptors (Lipinski definition) is 11. The number of ether oxygens (including phenoxy) is 4. The van der Waals surface area contributed by atoms with Crippen molar-refractivity contribution >= 4 is 36.3 Å². The average Bonchev–Trinajstić information content (AvgIpc) is 2.97. The van der Waals surface area contributed by atoms with E-state index in [2.05, 4.69) is 28.6 Å². The van der Waals surface area contributed by atoms with Crippen molar-refractivity contribution in [2.24, 2.45) is 11.5 Å². The number of carbonyl (C=O) groups is 4. The average molecular weight is 638 g/mol. The second-order valence-corrected chi connectivity index (χ2v) is 10.2. The molecule has 0 aromatic rings. The Labute approximate surface area is 261 Å². The van der Waals surface area contributed by atoms with Gasteiger partial charge in [-0.2, -0.15) is 12.6 Å². The normalized spacial score (nSPS) is 14.0. The molecule has 14 nitrogen and oxygen atoms in total. The fourth-order valence-electron chi connectivity index (χ4n) is 3.92. The van der Waals surface area contributed by atoms with E-state index in [0.29, 0.717) is 71.3 Å². The van der Waals surface area contributed by atoms with Gasteiger partial charge in [-0.25, -0.2) is 0 Å². The van der Waals surface area contributed by atoms with E-state index in [-0.39, 0.29) is 31.9 Å². The number of aliphatic hydroxyl groups excluding tert-OH is 1. The lowest BCUT2D eigenvalue weighted by atomic mass is 10.0. The van der Waals surface area contributed by atoms with E-state index >= 15 is 0 Å². The first kappa shape index (κ1) is 41.0. The maximum absolute atomic E-state index is 13.1. The number of nitrogens with one attached hydrogen (secondary N) is 3. The second kappa shape index (κ2) is 27.5. The van der Waals surface area contributed by atoms with Gasteiger partial charge in [-0.15, -0.1) is 0 Å². The summed E-state index contributed by atoms with van der Waals surface area (Å²) in [5, 5.41) is 18.2. The Hall–Kier alpha value is -2.01. The van der Waals surface area contributed by atoms with Gasteiger partial charge in [-0.1, -0.05) is 46.0 Å². The van der Waals surface area contributed by atoms with Crippen molar-refractivity contribution in [3.63, 3.8) is 0 Å². The van der Waals surface area contributed by atoms with Crippen LogP contribution >= 0.6 is 12.6 Å². The van der Waals surface area contributed by atoms with Gasteiger partial charge in [0, 0.05) is 6.42 Å². The summed E-state index contributed by atoms with van der Waals surface area (Å²) in [5.74, 6) is -2.15. The summed E-state index contributed by atoms with van der Waals surface area (Å²) in [6.07, 6.45) is 3.52. The molecular formula is C28H55N5O9S. The molecule has 0 aliphatic rings. The maximum Gasteiger partial charge on any atom is 0.243 e. The molecule has 43 heavy (non-hydrogen) atoms. The third kappa shape index (κ3) is 21.4. The highest BCUT2D eigenvalue weighted by Crippen LogP contribution is 2.08. The van der Waals surface area contributed by atoms with Crippen molar-refractivity contribution in [3.05, 3.63) is 0 Å². The van der Waals surface area contributed by atoms with E-state index in [1.165, 1.54) is 0 Å². The third-order valence-electron chi connectivity index (χ3n) is 6.36. The lowest BCUT2D eigenvalue weighted by Crippen LogP contribution is -2.59. The van der Waals surface area contributed by atoms with Crippen LogP contribution in [-0.4, -0.2) is 112 Å². The molecule has 0 aliphatic heterocycles. The Morgan fingerprint density at radius 1 is 0.721 bits per heavy atom. The van der Waals surface area contributed by atoms with Gasteiger partial charge < -0.3 is 51.5 Å². The number of rotatable bonds is 29. The fourth-order valence-corrected chi connectivity index (χ4v) is 4.05. The number of aliphatic hydroxyl groups is 1. The Kier molecular flexibility index (Phi) is 26.2. The van der Waals surface area contributed by atoms with Crippen LogP contribution in [0, 0.1) is 0 Å². The summed E-state index contributed by atoms with van der Waals surface area (Å²) >= 11 is 3.93. The van der Waals surface area contributed by atoms with Gasteiger partial charge >= 0.3 is 0 Å². The summed E-state index contributed by atoms with van der Waals surface area (Å²) in [5.41, 5.74) is 11.1. The molecule has 252 valence electrons. The number of amides is 4. The molecule has 0 saturated heterocycles. The molecule has 0 bridgehead atoms. The maximum atomic E-state index is 13.1. The summed E-state index contributed by atoms with van der Waals surface area (Å²) in [6.45, 7) is 6.59. The minimum absolute atomic E-state index is 0.0348. The molecule has 15 heteroatoms. The molecule has 0 heterocycles. The zero-order valence-electron chi connectivity index (χ0n) is 25.9. The minimum atomic E-state index is -1.31. The van der Waals surface area contributed by atoms with Crippen molar-refractivity contribution in [3.8, 4) is 0 Å². The van der Waals surface area contributed by atoms with Crippen molar-refractivity contribution in [1.29, 1.82) is 0 Å². The van der Waals surface area contributed by atoms with Gasteiger partial charge in [-0.3, -0.25) is 19.2 Å². The SMILES string of the molecule is CCCCC[C@@H](O)[C@H](NC(=O)[C@H](CCN)NC(=O)[C@H](CCCC)NC(=O)CCOCCOCCOCCOCS)C(N)=O. The highest BCUT2D eigenvalue weighted by molar-refractivity contribution is 7.80. The van der Waals surface area contributed by atoms with E-state index in [0.717, 1.165) is 19.3 Å². The number of thiol groups is 1. The van der Waals surface area contributed by atoms with Gasteiger partial charge in [0.15, 0.2) is 0 Å². The zero-order valence-corrected chi connectivity index (χ0v) is 26.7. The Morgan fingerprint density at radius 2 is 1.26 bits per heavy atom. The van der Waals surface area contributed by atoms with Crippen LogP contribution in [0.4, 0.5) is 0 Å². The molecule has 0 aromatic carbocycles. The van der Waals surface area contributed by atoms with Crippen molar-refractivity contribution in [2.75, 3.05) is 58.7 Å². The van der Waals surface area contributed by atoms with Crippen LogP contribution in [-0.2, 0) is 38.1 Å². The van der Waals surface area contributed by atoms with E-state index < -0.39 is 42.0 Å². The predicted octanol–water partition coefficient (Wildman–Crippen LogP) is -0.250. The van der Waals surface area contributed by atoms with Crippen molar-refractivity contribution < 1.29 is 43.2 Å². The molecule has 0 rings (SSSR count). The fraction of sp³-hybridized carbons (Fsp3) is 0.857. The number of unbranched alkanes of at least 4 members (excludes halogenated alkanes) is 3. The number of hydrogen-bond donors (Lipinski definition) is 7. The topological polar surface area (TPSA) is 214 Å². The molecule has 0 spiro atoms. The number of primary amides is 1. The second-order valence-electron chi connectivity index (χ2n) is 9.98. The monoisotopic (exact) mass is 637 g/mol. The summed E-state index contributed by atoms with van der Waals surface area (Å²) in [4.78, 5) is 50.6. The molecule has 4 atom stereocenters. The molecule has 0 saturated carbocycles. The van der Waals surface area contributed by atoms with Crippen LogP contribution in [0.25, 0.3) is 0 Å². The molecule has 0 aliphatic carbocycles. The van der Waals surface area contributed by atoms with Crippen LogP contribution in [0.3, 0.4) is 0 Å². The van der Waals surface area contributed by atoms with E-state index in [1.54, 1.807) is 0 Å². The van der Waals surface area contributed by atoms with Crippen molar-refractivity contribution in [1.82, 2.24) is 16.0 Å². The smallest absolute Gasteiger partial charge is 0.243 e. The van der Waals surface area contributed by atoms with Crippen LogP contribution in [0.5, 0.6) is 0 Å². The summed E-state index contributed by atoms with van der Waals surface area (Å²) < 4.78 is 21.2. The predicted molar refractivity (Wildman–Crippen MR) is 165 cm³/mol. The van der Waals surface area contributed by atoms with Crippen LogP contribution in [0.2, 0.25) is 0 Å². The Morgan fingerprint density at radius 3 is 1.79 bits per heavy atom. The van der Waals surface area contributed by atoms with E-state index in [9.17, 15) is 24.3 Å². The molecule has 0 radical (unpaired) electrons. The summed E-state index contributed by atoms with van der Waals surface area (Å²) in [7, 11) is 0. The Bertz CT molecular complexity index is 766. The molecule has 0 aromatic heterocycles.